The van der Waals surface area contributed by atoms with Gasteiger partial charge in [0, 0.05) is 6.42 Å². The van der Waals surface area contributed by atoms with Crippen LogP contribution in [0.15, 0.2) is 24.8 Å². The Hall–Kier alpha value is -1.05. The summed E-state index contributed by atoms with van der Waals surface area (Å²) in [5.41, 5.74) is 0. The Morgan fingerprint density at radius 2 is 2.00 bits per heavy atom. The molecule has 0 spiro atoms. The number of esters is 1. The van der Waals surface area contributed by atoms with E-state index < -0.39 is 0 Å². The predicted octanol–water partition coefficient (Wildman–Crippen LogP) is 2.46. The van der Waals surface area contributed by atoms with Gasteiger partial charge in [-0.25, -0.2) is 0 Å². The second-order valence-electron chi connectivity index (χ2n) is 2.45. The van der Waals surface area contributed by atoms with Crippen molar-refractivity contribution in [2.45, 2.75) is 25.7 Å². The van der Waals surface area contributed by atoms with E-state index in [2.05, 4.69) is 17.4 Å². The van der Waals surface area contributed by atoms with Crippen LogP contribution in [0.25, 0.3) is 0 Å². The zero-order valence-electron chi connectivity index (χ0n) is 7.58. The molecule has 0 aromatic heterocycles. The molecule has 68 valence electrons. The number of carbonyl (C=O) groups is 1. The van der Waals surface area contributed by atoms with Gasteiger partial charge < -0.3 is 4.74 Å². The zero-order valence-corrected chi connectivity index (χ0v) is 7.58. The lowest BCUT2D eigenvalue weighted by Gasteiger charge is -1.93. The lowest BCUT2D eigenvalue weighted by atomic mass is 10.2. The fourth-order valence-electron chi connectivity index (χ4n) is 0.753. The molecule has 2 heteroatoms. The van der Waals surface area contributed by atoms with Crippen molar-refractivity contribution >= 4 is 5.97 Å². The van der Waals surface area contributed by atoms with Crippen molar-refractivity contribution in [1.82, 2.24) is 0 Å². The summed E-state index contributed by atoms with van der Waals surface area (Å²) in [7, 11) is 1.41. The molecule has 12 heavy (non-hydrogen) atoms. The zero-order chi connectivity index (χ0) is 9.23. The number of ether oxygens (including phenoxy) is 1. The molecule has 0 saturated carbocycles. The van der Waals surface area contributed by atoms with E-state index in [4.69, 9.17) is 0 Å². The molecule has 0 amide bonds. The summed E-state index contributed by atoms with van der Waals surface area (Å²) >= 11 is 0. The summed E-state index contributed by atoms with van der Waals surface area (Å²) in [6.45, 7) is 3.61. The van der Waals surface area contributed by atoms with Crippen molar-refractivity contribution in [3.8, 4) is 0 Å². The van der Waals surface area contributed by atoms with Gasteiger partial charge in [-0.15, -0.1) is 6.58 Å². The first-order valence-electron chi connectivity index (χ1n) is 4.14. The van der Waals surface area contributed by atoms with Crippen molar-refractivity contribution < 1.29 is 9.53 Å². The number of hydrogen-bond acceptors (Lipinski definition) is 2. The van der Waals surface area contributed by atoms with E-state index in [9.17, 15) is 4.79 Å². The Bertz CT molecular complexity index is 159. The molecule has 0 aromatic rings. The lowest BCUT2D eigenvalue weighted by molar-refractivity contribution is -0.140. The van der Waals surface area contributed by atoms with E-state index in [-0.39, 0.29) is 5.97 Å². The summed E-state index contributed by atoms with van der Waals surface area (Å²) in [5.74, 6) is -0.150. The van der Waals surface area contributed by atoms with Gasteiger partial charge >= 0.3 is 5.97 Å². The molecule has 0 aliphatic carbocycles. The molecular formula is C10H16O2. The smallest absolute Gasteiger partial charge is 0.305 e. The Kier molecular flexibility index (Phi) is 7.35. The number of rotatable bonds is 6. The van der Waals surface area contributed by atoms with Crippen LogP contribution in [-0.4, -0.2) is 13.1 Å². The van der Waals surface area contributed by atoms with Crippen LogP contribution in [0.5, 0.6) is 0 Å². The number of carbonyl (C=O) groups excluding carboxylic acids is 1. The molecule has 0 aliphatic heterocycles. The Balaban J connectivity index is 3.23. The summed E-state index contributed by atoms with van der Waals surface area (Å²) < 4.78 is 4.49. The van der Waals surface area contributed by atoms with Gasteiger partial charge in [0.25, 0.3) is 0 Å². The molecule has 0 aliphatic rings. The average molecular weight is 168 g/mol. The van der Waals surface area contributed by atoms with Gasteiger partial charge in [0.1, 0.15) is 0 Å². The maximum absolute atomic E-state index is 10.6. The maximum atomic E-state index is 10.6. The van der Waals surface area contributed by atoms with Crippen LogP contribution < -0.4 is 0 Å². The van der Waals surface area contributed by atoms with Crippen molar-refractivity contribution in [3.05, 3.63) is 24.8 Å². The van der Waals surface area contributed by atoms with Crippen LogP contribution in [0.2, 0.25) is 0 Å². The van der Waals surface area contributed by atoms with Crippen LogP contribution in [-0.2, 0) is 9.53 Å². The van der Waals surface area contributed by atoms with Gasteiger partial charge in [-0.3, -0.25) is 4.79 Å². The van der Waals surface area contributed by atoms with E-state index in [0.29, 0.717) is 6.42 Å². The molecule has 0 atom stereocenters. The van der Waals surface area contributed by atoms with Crippen LogP contribution in [0.3, 0.4) is 0 Å². The summed E-state index contributed by atoms with van der Waals surface area (Å²) in [6, 6.07) is 0. The third-order valence-corrected chi connectivity index (χ3v) is 1.45. The van der Waals surface area contributed by atoms with E-state index in [1.807, 2.05) is 12.2 Å². The maximum Gasteiger partial charge on any atom is 0.305 e. The third-order valence-electron chi connectivity index (χ3n) is 1.45. The molecule has 0 N–H and O–H groups in total. The first-order chi connectivity index (χ1) is 5.81. The highest BCUT2D eigenvalue weighted by Gasteiger charge is 1.94. The number of methoxy groups -OCH3 is 1. The SMILES string of the molecule is C=CCC/C=C\CCC(=O)OC. The minimum absolute atomic E-state index is 0.150. The minimum Gasteiger partial charge on any atom is -0.469 e. The van der Waals surface area contributed by atoms with Crippen LogP contribution in [0, 0.1) is 0 Å². The number of allylic oxidation sites excluding steroid dienone is 3. The molecule has 0 radical (unpaired) electrons. The van der Waals surface area contributed by atoms with Crippen molar-refractivity contribution in [1.29, 1.82) is 0 Å². The van der Waals surface area contributed by atoms with Gasteiger partial charge in [-0.2, -0.15) is 0 Å². The predicted molar refractivity (Wildman–Crippen MR) is 49.8 cm³/mol. The van der Waals surface area contributed by atoms with Gasteiger partial charge in [0.15, 0.2) is 0 Å². The molecule has 0 aromatic carbocycles. The third kappa shape index (κ3) is 7.06. The van der Waals surface area contributed by atoms with Crippen LogP contribution in [0.4, 0.5) is 0 Å². The van der Waals surface area contributed by atoms with Gasteiger partial charge in [0.2, 0.25) is 0 Å². The van der Waals surface area contributed by atoms with E-state index in [1.54, 1.807) is 0 Å². The van der Waals surface area contributed by atoms with E-state index in [0.717, 1.165) is 19.3 Å². The molecule has 2 nitrogen and oxygen atoms in total. The normalized spacial score (nSPS) is 10.1. The van der Waals surface area contributed by atoms with Gasteiger partial charge in [0.05, 0.1) is 7.11 Å². The van der Waals surface area contributed by atoms with Crippen LogP contribution in [0.1, 0.15) is 25.7 Å². The monoisotopic (exact) mass is 168 g/mol. The second-order valence-corrected chi connectivity index (χ2v) is 2.45. The average Bonchev–Trinajstić information content (AvgIpc) is 2.10. The number of hydrogen-bond donors (Lipinski definition) is 0. The highest BCUT2D eigenvalue weighted by Crippen LogP contribution is 1.96. The molecule has 0 fully saturated rings. The fourth-order valence-corrected chi connectivity index (χ4v) is 0.753. The lowest BCUT2D eigenvalue weighted by Crippen LogP contribution is -1.97. The number of unbranched alkanes of at least 4 members (excludes halogenated alkanes) is 1. The fraction of sp³-hybridized carbons (Fsp3) is 0.500. The van der Waals surface area contributed by atoms with Crippen molar-refractivity contribution in [2.75, 3.05) is 7.11 Å². The highest BCUT2D eigenvalue weighted by atomic mass is 16.5. The van der Waals surface area contributed by atoms with Crippen molar-refractivity contribution in [2.24, 2.45) is 0 Å². The molecule has 0 unspecified atom stereocenters. The molecule has 0 heterocycles. The van der Waals surface area contributed by atoms with E-state index in [1.165, 1.54) is 7.11 Å². The Morgan fingerprint density at radius 3 is 2.58 bits per heavy atom. The minimum atomic E-state index is -0.150. The topological polar surface area (TPSA) is 26.3 Å². The Labute approximate surface area is 73.9 Å². The van der Waals surface area contributed by atoms with Gasteiger partial charge in [-0.1, -0.05) is 18.2 Å². The summed E-state index contributed by atoms with van der Waals surface area (Å²) in [4.78, 5) is 10.6. The first kappa shape index (κ1) is 11.0. The Morgan fingerprint density at radius 1 is 1.33 bits per heavy atom. The standard InChI is InChI=1S/C10H16O2/c1-3-4-5-6-7-8-9-10(11)12-2/h3,6-7H,1,4-5,8-9H2,2H3/b7-6-. The van der Waals surface area contributed by atoms with Crippen LogP contribution >= 0.6 is 0 Å². The largest absolute Gasteiger partial charge is 0.469 e. The quantitative estimate of drug-likeness (QED) is 0.346. The summed E-state index contributed by atoms with van der Waals surface area (Å²) in [5, 5.41) is 0. The van der Waals surface area contributed by atoms with E-state index >= 15 is 0 Å². The molecular weight excluding hydrogens is 152 g/mol. The summed E-state index contributed by atoms with van der Waals surface area (Å²) in [6.07, 6.45) is 9.18. The molecule has 0 saturated heterocycles. The molecule has 0 rings (SSSR count). The first-order valence-corrected chi connectivity index (χ1v) is 4.14. The second kappa shape index (κ2) is 8.05. The highest BCUT2D eigenvalue weighted by molar-refractivity contribution is 5.69. The molecule has 0 bridgehead atoms. The van der Waals surface area contributed by atoms with Gasteiger partial charge in [-0.05, 0) is 19.3 Å². The van der Waals surface area contributed by atoms with Crippen molar-refractivity contribution in [3.63, 3.8) is 0 Å².